The number of aryl methyl sites for hydroxylation is 1. The summed E-state index contributed by atoms with van der Waals surface area (Å²) in [6.45, 7) is 1.31. The molecule has 3 amide bonds. The first-order valence-corrected chi connectivity index (χ1v) is 8.80. The monoisotopic (exact) mass is 335 g/mol. The van der Waals surface area contributed by atoms with Gasteiger partial charge in [0.05, 0.1) is 0 Å². The molecule has 2 aromatic rings. The van der Waals surface area contributed by atoms with Gasteiger partial charge >= 0.3 is 6.03 Å². The van der Waals surface area contributed by atoms with E-state index in [1.54, 1.807) is 17.0 Å². The molecule has 0 atom stereocenters. The Morgan fingerprint density at radius 2 is 1.84 bits per heavy atom. The molecule has 0 unspecified atom stereocenters. The first-order valence-electron chi connectivity index (χ1n) is 8.80. The number of carbonyl (C=O) groups is 2. The number of rotatable bonds is 3. The van der Waals surface area contributed by atoms with Gasteiger partial charge in [-0.05, 0) is 67.1 Å². The second-order valence-corrected chi connectivity index (χ2v) is 6.53. The number of urea groups is 1. The average Bonchev–Trinajstić information content (AvgIpc) is 3.08. The van der Waals surface area contributed by atoms with Gasteiger partial charge in [-0.25, -0.2) is 4.79 Å². The van der Waals surface area contributed by atoms with Crippen LogP contribution in [0.25, 0.3) is 0 Å². The summed E-state index contributed by atoms with van der Waals surface area (Å²) < 4.78 is 0. The van der Waals surface area contributed by atoms with Gasteiger partial charge in [-0.2, -0.15) is 0 Å². The Morgan fingerprint density at radius 1 is 1.04 bits per heavy atom. The van der Waals surface area contributed by atoms with E-state index in [0.717, 1.165) is 24.2 Å². The van der Waals surface area contributed by atoms with Crippen molar-refractivity contribution in [2.45, 2.75) is 25.7 Å². The summed E-state index contributed by atoms with van der Waals surface area (Å²) in [5, 5.41) is 5.83. The molecule has 0 aromatic heterocycles. The Bertz CT molecular complexity index is 814. The summed E-state index contributed by atoms with van der Waals surface area (Å²) >= 11 is 0. The van der Waals surface area contributed by atoms with Crippen LogP contribution in [0.1, 0.15) is 34.3 Å². The predicted octanol–water partition coefficient (Wildman–Crippen LogP) is 3.35. The predicted molar refractivity (Wildman–Crippen MR) is 98.2 cm³/mol. The summed E-state index contributed by atoms with van der Waals surface area (Å²) in [6, 6.07) is 13.2. The Kier molecular flexibility index (Phi) is 4.14. The third-order valence-corrected chi connectivity index (χ3v) is 4.94. The lowest BCUT2D eigenvalue weighted by Crippen LogP contribution is -2.27. The van der Waals surface area contributed by atoms with Gasteiger partial charge in [0, 0.05) is 30.0 Å². The number of nitrogens with one attached hydrogen (secondary N) is 2. The zero-order chi connectivity index (χ0) is 17.2. The fourth-order valence-electron chi connectivity index (χ4n) is 3.60. The van der Waals surface area contributed by atoms with Crippen molar-refractivity contribution in [3.63, 3.8) is 0 Å². The van der Waals surface area contributed by atoms with Crippen molar-refractivity contribution in [2.75, 3.05) is 23.3 Å². The summed E-state index contributed by atoms with van der Waals surface area (Å²) in [7, 11) is 0. The smallest absolute Gasteiger partial charge is 0.321 e. The van der Waals surface area contributed by atoms with E-state index in [1.807, 2.05) is 24.3 Å². The van der Waals surface area contributed by atoms with Crippen LogP contribution in [0.4, 0.5) is 16.2 Å². The Balaban J connectivity index is 1.51. The molecular weight excluding hydrogens is 314 g/mol. The van der Waals surface area contributed by atoms with Gasteiger partial charge in [-0.1, -0.05) is 12.1 Å². The van der Waals surface area contributed by atoms with Crippen molar-refractivity contribution in [1.29, 1.82) is 0 Å². The maximum Gasteiger partial charge on any atom is 0.321 e. The first-order chi connectivity index (χ1) is 12.2. The van der Waals surface area contributed by atoms with Gasteiger partial charge < -0.3 is 10.6 Å². The van der Waals surface area contributed by atoms with E-state index in [-0.39, 0.29) is 11.9 Å². The molecule has 2 aliphatic rings. The number of hydrogen-bond donors (Lipinski definition) is 2. The normalized spacial score (nSPS) is 16.3. The molecule has 0 saturated carbocycles. The highest BCUT2D eigenvalue weighted by atomic mass is 16.2. The van der Waals surface area contributed by atoms with E-state index in [0.29, 0.717) is 18.7 Å². The summed E-state index contributed by atoms with van der Waals surface area (Å²) in [4.78, 5) is 26.0. The number of anilines is 2. The van der Waals surface area contributed by atoms with Crippen molar-refractivity contribution in [3.05, 3.63) is 59.2 Å². The largest absolute Gasteiger partial charge is 0.336 e. The highest BCUT2D eigenvalue weighted by Crippen LogP contribution is 2.28. The highest BCUT2D eigenvalue weighted by molar-refractivity contribution is 6.05. The van der Waals surface area contributed by atoms with Crippen LogP contribution in [-0.2, 0) is 12.8 Å². The highest BCUT2D eigenvalue weighted by Gasteiger charge is 2.21. The molecule has 5 heteroatoms. The lowest BCUT2D eigenvalue weighted by Gasteiger charge is -2.19. The van der Waals surface area contributed by atoms with Gasteiger partial charge in [-0.15, -0.1) is 0 Å². The molecule has 1 heterocycles. The van der Waals surface area contributed by atoms with Crippen LogP contribution in [0.15, 0.2) is 42.5 Å². The molecule has 0 radical (unpaired) electrons. The third-order valence-electron chi connectivity index (χ3n) is 4.94. The number of hydrogen-bond acceptors (Lipinski definition) is 2. The van der Waals surface area contributed by atoms with Crippen LogP contribution in [0.5, 0.6) is 0 Å². The zero-order valence-electron chi connectivity index (χ0n) is 14.0. The van der Waals surface area contributed by atoms with Gasteiger partial charge in [0.15, 0.2) is 0 Å². The van der Waals surface area contributed by atoms with E-state index < -0.39 is 0 Å². The van der Waals surface area contributed by atoms with Crippen molar-refractivity contribution in [2.24, 2.45) is 0 Å². The fourth-order valence-corrected chi connectivity index (χ4v) is 3.60. The van der Waals surface area contributed by atoms with Gasteiger partial charge in [-0.3, -0.25) is 9.69 Å². The topological polar surface area (TPSA) is 61.4 Å². The van der Waals surface area contributed by atoms with Crippen LogP contribution in [0.3, 0.4) is 0 Å². The molecule has 5 nitrogen and oxygen atoms in total. The Hall–Kier alpha value is -2.82. The van der Waals surface area contributed by atoms with Crippen LogP contribution in [0, 0.1) is 0 Å². The van der Waals surface area contributed by atoms with Gasteiger partial charge in [0.2, 0.25) is 0 Å². The molecule has 4 rings (SSSR count). The Labute approximate surface area is 147 Å². The molecule has 2 N–H and O–H groups in total. The summed E-state index contributed by atoms with van der Waals surface area (Å²) in [5.41, 5.74) is 4.94. The number of benzene rings is 2. The Morgan fingerprint density at radius 3 is 2.60 bits per heavy atom. The van der Waals surface area contributed by atoms with E-state index in [4.69, 9.17) is 0 Å². The number of nitrogens with zero attached hydrogens (tertiary/aromatic N) is 1. The molecular formula is C20H21N3O2. The zero-order valence-corrected chi connectivity index (χ0v) is 14.0. The number of fused-ring (bicyclic) bond motifs is 1. The maximum atomic E-state index is 12.6. The first kappa shape index (κ1) is 15.7. The van der Waals surface area contributed by atoms with Crippen molar-refractivity contribution in [1.82, 2.24) is 5.32 Å². The molecule has 1 aliphatic carbocycles. The summed E-state index contributed by atoms with van der Waals surface area (Å²) in [6.07, 6.45) is 4.50. The quantitative estimate of drug-likeness (QED) is 0.903. The van der Waals surface area contributed by atoms with Crippen molar-refractivity contribution in [3.8, 4) is 0 Å². The molecule has 0 spiro atoms. The van der Waals surface area contributed by atoms with Crippen molar-refractivity contribution >= 4 is 23.3 Å². The molecule has 1 saturated heterocycles. The van der Waals surface area contributed by atoms with Gasteiger partial charge in [0.1, 0.15) is 0 Å². The molecule has 128 valence electrons. The number of carbonyl (C=O) groups excluding carboxylic acids is 2. The molecule has 2 aromatic carbocycles. The standard InChI is InChI=1S/C20H21N3O2/c24-19(22-18-7-3-5-14-4-1-2-6-17(14)18)15-8-10-16(11-9-15)23-13-12-21-20(23)25/h3,5,7-11H,1-2,4,6,12-13H2,(H,21,25)(H,22,24). The minimum absolute atomic E-state index is 0.0897. The minimum atomic E-state index is -0.114. The second-order valence-electron chi connectivity index (χ2n) is 6.53. The van der Waals surface area contributed by atoms with E-state index in [1.165, 1.54) is 24.0 Å². The summed E-state index contributed by atoms with van der Waals surface area (Å²) in [5.74, 6) is -0.114. The molecule has 1 aliphatic heterocycles. The lowest BCUT2D eigenvalue weighted by atomic mass is 9.90. The van der Waals surface area contributed by atoms with Crippen LogP contribution >= 0.6 is 0 Å². The second kappa shape index (κ2) is 6.59. The van der Waals surface area contributed by atoms with Crippen LogP contribution in [-0.4, -0.2) is 25.0 Å². The van der Waals surface area contributed by atoms with E-state index in [9.17, 15) is 9.59 Å². The SMILES string of the molecule is O=C(Nc1cccc2c1CCCC2)c1ccc(N2CCNC2=O)cc1. The van der Waals surface area contributed by atoms with Crippen LogP contribution in [0.2, 0.25) is 0 Å². The minimum Gasteiger partial charge on any atom is -0.336 e. The average molecular weight is 335 g/mol. The molecule has 25 heavy (non-hydrogen) atoms. The van der Waals surface area contributed by atoms with E-state index in [2.05, 4.69) is 16.7 Å². The number of amides is 3. The third kappa shape index (κ3) is 3.09. The molecule has 0 bridgehead atoms. The fraction of sp³-hybridized carbons (Fsp3) is 0.300. The van der Waals surface area contributed by atoms with Crippen LogP contribution < -0.4 is 15.5 Å². The maximum absolute atomic E-state index is 12.6. The van der Waals surface area contributed by atoms with E-state index >= 15 is 0 Å². The van der Waals surface area contributed by atoms with Gasteiger partial charge in [0.25, 0.3) is 5.91 Å². The lowest BCUT2D eigenvalue weighted by molar-refractivity contribution is 0.102. The molecule has 1 fully saturated rings. The van der Waals surface area contributed by atoms with Crippen molar-refractivity contribution < 1.29 is 9.59 Å².